The third-order valence-electron chi connectivity index (χ3n) is 3.27. The van der Waals surface area contributed by atoms with Crippen LogP contribution >= 0.6 is 0 Å². The van der Waals surface area contributed by atoms with Gasteiger partial charge in [0.2, 0.25) is 0 Å². The van der Waals surface area contributed by atoms with E-state index < -0.39 is 0 Å². The van der Waals surface area contributed by atoms with Gasteiger partial charge in [-0.2, -0.15) is 0 Å². The first kappa shape index (κ1) is 16.9. The van der Waals surface area contributed by atoms with Gasteiger partial charge < -0.3 is 20.1 Å². The van der Waals surface area contributed by atoms with Crippen LogP contribution in [0.15, 0.2) is 18.2 Å². The lowest BCUT2D eigenvalue weighted by Gasteiger charge is -2.33. The van der Waals surface area contributed by atoms with Crippen molar-refractivity contribution in [3.8, 4) is 0 Å². The molecule has 0 heterocycles. The van der Waals surface area contributed by atoms with E-state index in [-0.39, 0.29) is 17.9 Å². The summed E-state index contributed by atoms with van der Waals surface area (Å²) in [5.74, 6) is -0.271. The van der Waals surface area contributed by atoms with E-state index in [1.807, 2.05) is 6.92 Å². The van der Waals surface area contributed by atoms with Gasteiger partial charge in [0.25, 0.3) is 0 Å². The maximum absolute atomic E-state index is 13.4. The lowest BCUT2D eigenvalue weighted by molar-refractivity contribution is 0.171. The van der Waals surface area contributed by atoms with Crippen LogP contribution in [0, 0.1) is 5.82 Å². The Morgan fingerprint density at radius 1 is 1.25 bits per heavy atom. The number of anilines is 1. The Morgan fingerprint density at radius 2 is 1.95 bits per heavy atom. The van der Waals surface area contributed by atoms with E-state index in [9.17, 15) is 4.39 Å². The van der Waals surface area contributed by atoms with Gasteiger partial charge in [-0.05, 0) is 37.6 Å². The van der Waals surface area contributed by atoms with Gasteiger partial charge in [-0.3, -0.25) is 0 Å². The van der Waals surface area contributed by atoms with Crippen molar-refractivity contribution in [3.05, 3.63) is 29.6 Å². The summed E-state index contributed by atoms with van der Waals surface area (Å²) < 4.78 is 23.8. The summed E-state index contributed by atoms with van der Waals surface area (Å²) in [4.78, 5) is 2.14. The molecule has 5 heteroatoms. The fraction of sp³-hybridized carbons (Fsp3) is 0.600. The van der Waals surface area contributed by atoms with Crippen LogP contribution in [-0.2, 0) is 9.47 Å². The lowest BCUT2D eigenvalue weighted by Crippen LogP contribution is -2.39. The van der Waals surface area contributed by atoms with Gasteiger partial charge in [0.15, 0.2) is 0 Å². The summed E-state index contributed by atoms with van der Waals surface area (Å²) in [5.41, 5.74) is 7.70. The molecule has 20 heavy (non-hydrogen) atoms. The van der Waals surface area contributed by atoms with E-state index in [0.717, 1.165) is 11.3 Å². The second-order valence-electron chi connectivity index (χ2n) is 4.98. The molecule has 0 saturated carbocycles. The van der Waals surface area contributed by atoms with Crippen LogP contribution in [-0.4, -0.2) is 40.0 Å². The molecule has 0 spiro atoms. The van der Waals surface area contributed by atoms with E-state index in [4.69, 9.17) is 15.2 Å². The molecular formula is C15H25FN2O2. The number of methoxy groups -OCH3 is 2. The topological polar surface area (TPSA) is 47.7 Å². The van der Waals surface area contributed by atoms with Gasteiger partial charge in [-0.25, -0.2) is 4.39 Å². The number of benzene rings is 1. The van der Waals surface area contributed by atoms with Crippen LogP contribution in [0.1, 0.15) is 25.5 Å². The molecule has 0 aliphatic heterocycles. The minimum absolute atomic E-state index is 0.151. The number of nitrogens with zero attached hydrogens (tertiary/aromatic N) is 1. The zero-order valence-electron chi connectivity index (χ0n) is 12.7. The first-order chi connectivity index (χ1) is 9.51. The minimum Gasteiger partial charge on any atom is -0.383 e. The molecule has 1 aromatic rings. The Balaban J connectivity index is 3.11. The smallest absolute Gasteiger partial charge is 0.123 e. The van der Waals surface area contributed by atoms with Crippen molar-refractivity contribution < 1.29 is 13.9 Å². The van der Waals surface area contributed by atoms with Gasteiger partial charge in [-0.1, -0.05) is 0 Å². The Morgan fingerprint density at radius 3 is 2.50 bits per heavy atom. The van der Waals surface area contributed by atoms with Crippen LogP contribution in [0.25, 0.3) is 0 Å². The van der Waals surface area contributed by atoms with Crippen LogP contribution in [0.3, 0.4) is 0 Å². The van der Waals surface area contributed by atoms with Crippen molar-refractivity contribution in [1.82, 2.24) is 0 Å². The summed E-state index contributed by atoms with van der Waals surface area (Å²) in [5, 5.41) is 0. The molecule has 0 aliphatic carbocycles. The predicted molar refractivity (Wildman–Crippen MR) is 79.6 cm³/mol. The van der Waals surface area contributed by atoms with Gasteiger partial charge in [0.05, 0.1) is 13.2 Å². The predicted octanol–water partition coefficient (Wildman–Crippen LogP) is 2.33. The Labute approximate surface area is 120 Å². The Bertz CT molecular complexity index is 413. The van der Waals surface area contributed by atoms with Gasteiger partial charge in [-0.15, -0.1) is 0 Å². The quantitative estimate of drug-likeness (QED) is 0.796. The second-order valence-corrected chi connectivity index (χ2v) is 4.98. The maximum atomic E-state index is 13.4. The monoisotopic (exact) mass is 284 g/mol. The van der Waals surface area contributed by atoms with Gasteiger partial charge in [0.1, 0.15) is 5.82 Å². The summed E-state index contributed by atoms with van der Waals surface area (Å²) in [6.45, 7) is 5.79. The number of ether oxygens (including phenoxy) is 2. The molecule has 0 bridgehead atoms. The van der Waals surface area contributed by atoms with Crippen molar-refractivity contribution in [2.24, 2.45) is 5.73 Å². The summed E-state index contributed by atoms with van der Waals surface area (Å²) in [6.07, 6.45) is 0. The molecule has 2 atom stereocenters. The molecule has 2 N–H and O–H groups in total. The lowest BCUT2D eigenvalue weighted by atomic mass is 10.0. The molecule has 0 saturated heterocycles. The molecule has 1 unspecified atom stereocenters. The highest BCUT2D eigenvalue weighted by Gasteiger charge is 2.19. The summed E-state index contributed by atoms with van der Waals surface area (Å²) >= 11 is 0. The van der Waals surface area contributed by atoms with Crippen molar-refractivity contribution in [2.45, 2.75) is 25.9 Å². The Hall–Kier alpha value is -1.17. The fourth-order valence-electron chi connectivity index (χ4n) is 2.25. The van der Waals surface area contributed by atoms with Gasteiger partial charge >= 0.3 is 0 Å². The van der Waals surface area contributed by atoms with Crippen molar-refractivity contribution in [3.63, 3.8) is 0 Å². The van der Waals surface area contributed by atoms with E-state index in [0.29, 0.717) is 19.8 Å². The fourth-order valence-corrected chi connectivity index (χ4v) is 2.25. The first-order valence-electron chi connectivity index (χ1n) is 6.80. The van der Waals surface area contributed by atoms with E-state index in [1.165, 1.54) is 12.1 Å². The normalized spacial score (nSPS) is 14.1. The maximum Gasteiger partial charge on any atom is 0.123 e. The first-order valence-corrected chi connectivity index (χ1v) is 6.80. The number of hydrogen-bond acceptors (Lipinski definition) is 4. The van der Waals surface area contributed by atoms with Crippen LogP contribution in [0.2, 0.25) is 0 Å². The Kier molecular flexibility index (Phi) is 6.91. The molecular weight excluding hydrogens is 259 g/mol. The SMILES string of the molecule is COCCN(c1ccc(F)cc1[C@H](C)N)C(C)COC. The van der Waals surface area contributed by atoms with Crippen molar-refractivity contribution in [2.75, 3.05) is 38.9 Å². The third kappa shape index (κ3) is 4.44. The molecule has 0 fully saturated rings. The molecule has 1 aromatic carbocycles. The molecule has 1 rings (SSSR count). The zero-order chi connectivity index (χ0) is 15.1. The number of nitrogens with two attached hydrogens (primary N) is 1. The average molecular weight is 284 g/mol. The molecule has 114 valence electrons. The minimum atomic E-state index is -0.271. The standard InChI is InChI=1S/C15H25FN2O2/c1-11(10-20-4)18(7-8-19-3)15-6-5-13(16)9-14(15)12(2)17/h5-6,9,11-12H,7-8,10,17H2,1-4H3/t11?,12-/m0/s1. The summed E-state index contributed by atoms with van der Waals surface area (Å²) in [6, 6.07) is 4.65. The van der Waals surface area contributed by atoms with Gasteiger partial charge in [0, 0.05) is 38.5 Å². The molecule has 4 nitrogen and oxygen atoms in total. The zero-order valence-corrected chi connectivity index (χ0v) is 12.7. The second kappa shape index (κ2) is 8.19. The molecule has 0 aliphatic rings. The number of hydrogen-bond donors (Lipinski definition) is 1. The third-order valence-corrected chi connectivity index (χ3v) is 3.27. The van der Waals surface area contributed by atoms with Crippen molar-refractivity contribution >= 4 is 5.69 Å². The molecule has 0 radical (unpaired) electrons. The van der Waals surface area contributed by atoms with Crippen LogP contribution < -0.4 is 10.6 Å². The van der Waals surface area contributed by atoms with Crippen molar-refractivity contribution in [1.29, 1.82) is 0 Å². The summed E-state index contributed by atoms with van der Waals surface area (Å²) in [7, 11) is 3.33. The number of rotatable bonds is 8. The van der Waals surface area contributed by atoms with E-state index in [2.05, 4.69) is 11.8 Å². The molecule has 0 amide bonds. The highest BCUT2D eigenvalue weighted by atomic mass is 19.1. The highest BCUT2D eigenvalue weighted by Crippen LogP contribution is 2.27. The average Bonchev–Trinajstić information content (AvgIpc) is 2.40. The van der Waals surface area contributed by atoms with Crippen LogP contribution in [0.5, 0.6) is 0 Å². The number of halogens is 1. The molecule has 0 aromatic heterocycles. The highest BCUT2D eigenvalue weighted by molar-refractivity contribution is 5.56. The van der Waals surface area contributed by atoms with E-state index in [1.54, 1.807) is 20.3 Å². The van der Waals surface area contributed by atoms with Crippen LogP contribution in [0.4, 0.5) is 10.1 Å². The van der Waals surface area contributed by atoms with E-state index >= 15 is 0 Å². The largest absolute Gasteiger partial charge is 0.383 e.